The van der Waals surface area contributed by atoms with Gasteiger partial charge in [0.25, 0.3) is 0 Å². The highest BCUT2D eigenvalue weighted by atomic mass is 35.5. The first-order chi connectivity index (χ1) is 14.5. The molecule has 1 amide bonds. The van der Waals surface area contributed by atoms with Crippen molar-refractivity contribution in [3.05, 3.63) is 62.5 Å². The van der Waals surface area contributed by atoms with Crippen molar-refractivity contribution in [2.75, 3.05) is 11.9 Å². The van der Waals surface area contributed by atoms with E-state index < -0.39 is 11.7 Å². The predicted octanol–water partition coefficient (Wildman–Crippen LogP) is 5.78. The number of benzene rings is 2. The molecular weight excluding hydrogens is 423 g/mol. The molecule has 0 aliphatic heterocycles. The number of H-pyrrole nitrogens is 1. The van der Waals surface area contributed by atoms with Crippen LogP contribution in [0.3, 0.4) is 0 Å². The number of halogens is 2. The van der Waals surface area contributed by atoms with Gasteiger partial charge in [-0.25, -0.2) is 14.2 Å². The van der Waals surface area contributed by atoms with E-state index in [1.54, 1.807) is 0 Å². The van der Waals surface area contributed by atoms with Crippen LogP contribution in [0.25, 0.3) is 11.0 Å². The quantitative estimate of drug-likeness (QED) is 0.363. The first-order valence-corrected chi connectivity index (χ1v) is 11.0. The molecule has 0 fully saturated rings. The van der Waals surface area contributed by atoms with E-state index in [-0.39, 0.29) is 5.02 Å². The molecular formula is C22H26Cl2N4O2. The molecule has 0 saturated carbocycles. The fourth-order valence-corrected chi connectivity index (χ4v) is 3.60. The van der Waals surface area contributed by atoms with Gasteiger partial charge in [0.15, 0.2) is 0 Å². The van der Waals surface area contributed by atoms with Crippen molar-refractivity contribution in [2.45, 2.75) is 45.6 Å². The Morgan fingerprint density at radius 2 is 1.73 bits per heavy atom. The van der Waals surface area contributed by atoms with Gasteiger partial charge < -0.3 is 15.6 Å². The summed E-state index contributed by atoms with van der Waals surface area (Å²) in [5.41, 5.74) is 1.99. The number of anilines is 1. The van der Waals surface area contributed by atoms with Crippen LogP contribution in [0.1, 0.15) is 44.6 Å². The fraction of sp³-hybridized carbons (Fsp3) is 0.364. The van der Waals surface area contributed by atoms with E-state index in [9.17, 15) is 9.59 Å². The summed E-state index contributed by atoms with van der Waals surface area (Å²) in [5.74, 6) is 0. The summed E-state index contributed by atoms with van der Waals surface area (Å²) in [6.07, 6.45) is 6.30. The van der Waals surface area contributed by atoms with E-state index in [2.05, 4.69) is 22.5 Å². The summed E-state index contributed by atoms with van der Waals surface area (Å²) >= 11 is 12.0. The summed E-state index contributed by atoms with van der Waals surface area (Å²) in [4.78, 5) is 27.5. The van der Waals surface area contributed by atoms with E-state index in [1.807, 2.05) is 24.3 Å². The topological polar surface area (TPSA) is 78.9 Å². The van der Waals surface area contributed by atoms with Crippen LogP contribution in [0.5, 0.6) is 0 Å². The molecule has 0 saturated heterocycles. The molecule has 0 radical (unpaired) electrons. The molecule has 0 aliphatic carbocycles. The number of carbonyl (C=O) groups excluding carboxylic acids is 1. The molecule has 0 spiro atoms. The number of amides is 1. The average molecular weight is 449 g/mol. The van der Waals surface area contributed by atoms with E-state index in [0.717, 1.165) is 23.2 Å². The van der Waals surface area contributed by atoms with Crippen molar-refractivity contribution in [2.24, 2.45) is 0 Å². The molecule has 3 N–H and O–H groups in total. The highest BCUT2D eigenvalue weighted by molar-refractivity contribution is 6.42. The second kappa shape index (κ2) is 10.7. The van der Waals surface area contributed by atoms with Gasteiger partial charge in [-0.1, -0.05) is 67.9 Å². The summed E-state index contributed by atoms with van der Waals surface area (Å²) in [6, 6.07) is 9.99. The lowest BCUT2D eigenvalue weighted by Crippen LogP contribution is -2.29. The van der Waals surface area contributed by atoms with Gasteiger partial charge in [0, 0.05) is 12.2 Å². The normalized spacial score (nSPS) is 11.2. The maximum absolute atomic E-state index is 12.7. The number of hydrogen-bond donors (Lipinski definition) is 3. The number of fused-ring (bicyclic) bond motifs is 1. The highest BCUT2D eigenvalue weighted by Gasteiger charge is 2.16. The number of rotatable bonds is 9. The predicted molar refractivity (Wildman–Crippen MR) is 124 cm³/mol. The Balaban J connectivity index is 1.57. The Morgan fingerprint density at radius 3 is 2.47 bits per heavy atom. The highest BCUT2D eigenvalue weighted by Crippen LogP contribution is 2.26. The van der Waals surface area contributed by atoms with Crippen molar-refractivity contribution >= 4 is 46.0 Å². The van der Waals surface area contributed by atoms with Crippen LogP contribution in [0, 0.1) is 0 Å². The lowest BCUT2D eigenvalue weighted by molar-refractivity contribution is 0.253. The van der Waals surface area contributed by atoms with Gasteiger partial charge in [0.2, 0.25) is 0 Å². The zero-order valence-corrected chi connectivity index (χ0v) is 18.4. The lowest BCUT2D eigenvalue weighted by atomic mass is 10.1. The number of unbranched alkanes of at least 4 members (excludes halogenated alkanes) is 4. The molecule has 1 aromatic heterocycles. The first-order valence-electron chi connectivity index (χ1n) is 10.2. The van der Waals surface area contributed by atoms with Crippen LogP contribution < -0.4 is 16.3 Å². The molecule has 1 heterocycles. The summed E-state index contributed by atoms with van der Waals surface area (Å²) < 4.78 is 1.01. The number of carbonyl (C=O) groups is 1. The molecule has 3 aromatic rings. The number of nitrogens with one attached hydrogen (secondary N) is 3. The Morgan fingerprint density at radius 1 is 1.03 bits per heavy atom. The largest absolute Gasteiger partial charge is 0.334 e. The summed E-state index contributed by atoms with van der Waals surface area (Å²) in [5, 5.41) is 6.76. The average Bonchev–Trinajstić information content (AvgIpc) is 3.03. The number of hydrogen-bond acceptors (Lipinski definition) is 3. The van der Waals surface area contributed by atoms with Crippen LogP contribution in [-0.4, -0.2) is 22.1 Å². The van der Waals surface area contributed by atoms with E-state index >= 15 is 0 Å². The standard InChI is InChI=1S/C22H26Cl2N4O2/c1-2-3-4-5-6-11-25-14-15-7-9-16(10-8-15)26-21(29)28-20-13-18(24)17(23)12-19(20)27-22(28)30/h7-10,12-13,25H,2-6,11,14H2,1H3,(H,26,29)(H,27,30). The Hall–Kier alpha value is -2.28. The fourth-order valence-electron chi connectivity index (χ4n) is 3.28. The minimum Gasteiger partial charge on any atom is -0.313 e. The van der Waals surface area contributed by atoms with Crippen molar-refractivity contribution in [3.63, 3.8) is 0 Å². The molecule has 0 aliphatic rings. The van der Waals surface area contributed by atoms with Crippen LogP contribution in [-0.2, 0) is 6.54 Å². The van der Waals surface area contributed by atoms with Gasteiger partial charge in [0.1, 0.15) is 0 Å². The van der Waals surface area contributed by atoms with E-state index in [4.69, 9.17) is 23.2 Å². The summed E-state index contributed by atoms with van der Waals surface area (Å²) in [6.45, 7) is 4.00. The van der Waals surface area contributed by atoms with Crippen LogP contribution in [0.15, 0.2) is 41.2 Å². The van der Waals surface area contributed by atoms with Crippen molar-refractivity contribution < 1.29 is 4.79 Å². The maximum atomic E-state index is 12.7. The van der Waals surface area contributed by atoms with Gasteiger partial charge in [0.05, 0.1) is 21.1 Å². The van der Waals surface area contributed by atoms with Gasteiger partial charge >= 0.3 is 11.7 Å². The summed E-state index contributed by atoms with van der Waals surface area (Å²) in [7, 11) is 0. The Bertz CT molecular complexity index is 1060. The van der Waals surface area contributed by atoms with Crippen LogP contribution in [0.2, 0.25) is 10.0 Å². The number of imidazole rings is 1. The minimum absolute atomic E-state index is 0.270. The maximum Gasteiger partial charge on any atom is 0.334 e. The molecule has 0 unspecified atom stereocenters. The Labute approximate surface area is 185 Å². The monoisotopic (exact) mass is 448 g/mol. The number of aromatic amines is 1. The van der Waals surface area contributed by atoms with Crippen molar-refractivity contribution in [1.82, 2.24) is 14.9 Å². The molecule has 2 aromatic carbocycles. The first kappa shape index (κ1) is 22.4. The second-order valence-corrected chi connectivity index (χ2v) is 8.08. The third kappa shape index (κ3) is 5.65. The van der Waals surface area contributed by atoms with Gasteiger partial charge in [-0.2, -0.15) is 0 Å². The molecule has 6 nitrogen and oxygen atoms in total. The SMILES string of the molecule is CCCCCCCNCc1ccc(NC(=O)n2c(=O)[nH]c3cc(Cl)c(Cl)cc32)cc1. The molecule has 8 heteroatoms. The number of aromatic nitrogens is 2. The molecule has 0 atom stereocenters. The third-order valence-corrected chi connectivity index (χ3v) is 5.64. The molecule has 0 bridgehead atoms. The van der Waals surface area contributed by atoms with Crippen LogP contribution >= 0.6 is 23.2 Å². The minimum atomic E-state index is -0.567. The zero-order chi connectivity index (χ0) is 21.5. The van der Waals surface area contributed by atoms with E-state index in [1.165, 1.54) is 44.2 Å². The van der Waals surface area contributed by atoms with Gasteiger partial charge in [-0.05, 0) is 42.8 Å². The van der Waals surface area contributed by atoms with Crippen LogP contribution in [0.4, 0.5) is 10.5 Å². The van der Waals surface area contributed by atoms with Gasteiger partial charge in [-0.15, -0.1) is 0 Å². The van der Waals surface area contributed by atoms with E-state index in [0.29, 0.717) is 21.7 Å². The zero-order valence-electron chi connectivity index (χ0n) is 16.9. The number of nitrogens with zero attached hydrogens (tertiary/aromatic N) is 1. The van der Waals surface area contributed by atoms with Gasteiger partial charge in [-0.3, -0.25) is 0 Å². The second-order valence-electron chi connectivity index (χ2n) is 7.27. The van der Waals surface area contributed by atoms with Crippen molar-refractivity contribution in [1.29, 1.82) is 0 Å². The third-order valence-electron chi connectivity index (χ3n) is 4.92. The van der Waals surface area contributed by atoms with Crippen molar-refractivity contribution in [3.8, 4) is 0 Å². The lowest BCUT2D eigenvalue weighted by Gasteiger charge is -2.08. The Kier molecular flexibility index (Phi) is 7.96. The molecule has 30 heavy (non-hydrogen) atoms. The molecule has 3 rings (SSSR count). The smallest absolute Gasteiger partial charge is 0.313 e. The molecule has 160 valence electrons.